The predicted octanol–water partition coefficient (Wildman–Crippen LogP) is 3.91. The van der Waals surface area contributed by atoms with Gasteiger partial charge in [-0.05, 0) is 74.6 Å². The fraction of sp³-hybridized carbons (Fsp3) is 0.407. The van der Waals surface area contributed by atoms with Crippen LogP contribution in [-0.4, -0.2) is 41.1 Å². The summed E-state index contributed by atoms with van der Waals surface area (Å²) in [7, 11) is 0. The number of aromatic nitrogens is 2. The standard InChI is InChI=1S/C27H30N4O4/c32-25(28-20-9-11-21(12-10-20)30-14-4-2-5-15-30)18-35-27(34)19-8-13-22-23(17-19)29-24-7-3-1-6-16-31(24)26(22)33/h8-13,17H,1-7,14-16,18H2,(H,28,32). The minimum atomic E-state index is -0.626. The van der Waals surface area contributed by atoms with Crippen molar-refractivity contribution in [3.8, 4) is 0 Å². The van der Waals surface area contributed by atoms with Gasteiger partial charge in [0.1, 0.15) is 5.82 Å². The number of aryl methyl sites for hydroxylation is 1. The van der Waals surface area contributed by atoms with E-state index in [0.717, 1.165) is 50.3 Å². The summed E-state index contributed by atoms with van der Waals surface area (Å²) in [6.07, 6.45) is 7.47. The minimum Gasteiger partial charge on any atom is -0.452 e. The Bertz CT molecular complexity index is 1290. The summed E-state index contributed by atoms with van der Waals surface area (Å²) >= 11 is 0. The maximum absolute atomic E-state index is 12.9. The van der Waals surface area contributed by atoms with Crippen molar-refractivity contribution < 1.29 is 14.3 Å². The van der Waals surface area contributed by atoms with E-state index in [2.05, 4.69) is 15.2 Å². The van der Waals surface area contributed by atoms with Crippen LogP contribution in [0.15, 0.2) is 47.3 Å². The number of piperidine rings is 1. The Morgan fingerprint density at radius 1 is 0.914 bits per heavy atom. The molecule has 2 aliphatic heterocycles. The fourth-order valence-electron chi connectivity index (χ4n) is 4.86. The number of fused-ring (bicyclic) bond motifs is 2. The molecule has 1 aromatic heterocycles. The number of carbonyl (C=O) groups is 2. The van der Waals surface area contributed by atoms with Crippen LogP contribution < -0.4 is 15.8 Å². The maximum atomic E-state index is 12.9. The number of anilines is 2. The molecule has 3 aromatic rings. The minimum absolute atomic E-state index is 0.0718. The van der Waals surface area contributed by atoms with Crippen LogP contribution in [0.4, 0.5) is 11.4 Å². The molecule has 182 valence electrons. The Morgan fingerprint density at radius 3 is 2.46 bits per heavy atom. The highest BCUT2D eigenvalue weighted by Crippen LogP contribution is 2.22. The topological polar surface area (TPSA) is 93.5 Å². The van der Waals surface area contributed by atoms with Gasteiger partial charge in [-0.15, -0.1) is 0 Å². The zero-order valence-corrected chi connectivity index (χ0v) is 19.8. The second kappa shape index (κ2) is 10.3. The van der Waals surface area contributed by atoms with Crippen molar-refractivity contribution in [3.05, 3.63) is 64.2 Å². The highest BCUT2D eigenvalue weighted by Gasteiger charge is 2.17. The molecule has 0 bridgehead atoms. The predicted molar refractivity (Wildman–Crippen MR) is 135 cm³/mol. The summed E-state index contributed by atoms with van der Waals surface area (Å²) in [4.78, 5) is 44.8. The lowest BCUT2D eigenvalue weighted by molar-refractivity contribution is -0.119. The summed E-state index contributed by atoms with van der Waals surface area (Å²) in [5.74, 6) is -0.276. The molecule has 2 aromatic carbocycles. The van der Waals surface area contributed by atoms with Gasteiger partial charge in [-0.1, -0.05) is 6.42 Å². The molecule has 2 aliphatic rings. The molecule has 3 heterocycles. The Morgan fingerprint density at radius 2 is 1.66 bits per heavy atom. The average molecular weight is 475 g/mol. The number of hydrogen-bond donors (Lipinski definition) is 1. The first kappa shape index (κ1) is 23.1. The molecule has 1 saturated heterocycles. The van der Waals surface area contributed by atoms with Crippen molar-refractivity contribution in [2.24, 2.45) is 0 Å². The molecule has 0 atom stereocenters. The zero-order chi connectivity index (χ0) is 24.2. The van der Waals surface area contributed by atoms with E-state index in [1.54, 1.807) is 22.8 Å². The van der Waals surface area contributed by atoms with E-state index in [4.69, 9.17) is 4.74 Å². The molecule has 0 spiro atoms. The summed E-state index contributed by atoms with van der Waals surface area (Å²) in [5, 5.41) is 3.25. The first-order valence-electron chi connectivity index (χ1n) is 12.4. The maximum Gasteiger partial charge on any atom is 0.338 e. The highest BCUT2D eigenvalue weighted by molar-refractivity contribution is 5.97. The summed E-state index contributed by atoms with van der Waals surface area (Å²) in [6.45, 7) is 2.40. The van der Waals surface area contributed by atoms with Gasteiger partial charge >= 0.3 is 5.97 Å². The van der Waals surface area contributed by atoms with E-state index >= 15 is 0 Å². The van der Waals surface area contributed by atoms with Gasteiger partial charge in [0.05, 0.1) is 16.5 Å². The monoisotopic (exact) mass is 474 g/mol. The second-order valence-electron chi connectivity index (χ2n) is 9.25. The summed E-state index contributed by atoms with van der Waals surface area (Å²) in [5.41, 5.74) is 2.48. The van der Waals surface area contributed by atoms with Crippen molar-refractivity contribution in [1.82, 2.24) is 9.55 Å². The third-order valence-electron chi connectivity index (χ3n) is 6.76. The SMILES string of the molecule is O=C(COC(=O)c1ccc2c(=O)n3c(nc2c1)CCCCC3)Nc1ccc(N2CCCCC2)cc1. The number of amides is 1. The number of hydrogen-bond acceptors (Lipinski definition) is 6. The van der Waals surface area contributed by atoms with Crippen molar-refractivity contribution in [2.45, 2.75) is 51.5 Å². The molecule has 1 amide bonds. The van der Waals surface area contributed by atoms with E-state index in [1.807, 2.05) is 24.3 Å². The molecule has 0 aliphatic carbocycles. The van der Waals surface area contributed by atoms with E-state index < -0.39 is 18.5 Å². The van der Waals surface area contributed by atoms with Crippen LogP contribution in [0.1, 0.15) is 54.7 Å². The molecule has 5 rings (SSSR count). The van der Waals surface area contributed by atoms with Gasteiger partial charge < -0.3 is 15.0 Å². The van der Waals surface area contributed by atoms with Crippen LogP contribution in [-0.2, 0) is 22.5 Å². The average Bonchev–Trinajstić information content (AvgIpc) is 3.14. The van der Waals surface area contributed by atoms with Crippen LogP contribution in [0.2, 0.25) is 0 Å². The third-order valence-corrected chi connectivity index (χ3v) is 6.76. The molecule has 0 unspecified atom stereocenters. The molecule has 8 nitrogen and oxygen atoms in total. The Kier molecular flexibility index (Phi) is 6.79. The van der Waals surface area contributed by atoms with E-state index in [9.17, 15) is 14.4 Å². The molecule has 35 heavy (non-hydrogen) atoms. The van der Waals surface area contributed by atoms with Crippen LogP contribution in [0.3, 0.4) is 0 Å². The zero-order valence-electron chi connectivity index (χ0n) is 19.8. The van der Waals surface area contributed by atoms with Crippen molar-refractivity contribution >= 4 is 34.2 Å². The van der Waals surface area contributed by atoms with Crippen molar-refractivity contribution in [3.63, 3.8) is 0 Å². The quantitative estimate of drug-likeness (QED) is 0.564. The third kappa shape index (κ3) is 5.21. The number of nitrogens with zero attached hydrogens (tertiary/aromatic N) is 3. The molecule has 1 N–H and O–H groups in total. The van der Waals surface area contributed by atoms with E-state index in [-0.39, 0.29) is 11.1 Å². The van der Waals surface area contributed by atoms with Gasteiger partial charge in [-0.25, -0.2) is 9.78 Å². The number of rotatable bonds is 5. The molecule has 1 fully saturated rings. The molecule has 8 heteroatoms. The molecular formula is C27H30N4O4. The second-order valence-corrected chi connectivity index (χ2v) is 9.25. The number of carbonyl (C=O) groups excluding carboxylic acids is 2. The van der Waals surface area contributed by atoms with Crippen molar-refractivity contribution in [2.75, 3.05) is 29.9 Å². The summed E-state index contributed by atoms with van der Waals surface area (Å²) < 4.78 is 6.97. The number of benzene rings is 2. The normalized spacial score (nSPS) is 15.8. The Hall–Kier alpha value is -3.68. The van der Waals surface area contributed by atoms with Crippen LogP contribution >= 0.6 is 0 Å². The first-order chi connectivity index (χ1) is 17.1. The first-order valence-corrected chi connectivity index (χ1v) is 12.4. The molecule has 0 saturated carbocycles. The van der Waals surface area contributed by atoms with Gasteiger partial charge in [0.15, 0.2) is 6.61 Å². The fourth-order valence-corrected chi connectivity index (χ4v) is 4.86. The van der Waals surface area contributed by atoms with E-state index in [0.29, 0.717) is 23.1 Å². The van der Waals surface area contributed by atoms with Gasteiger partial charge in [0.2, 0.25) is 0 Å². The van der Waals surface area contributed by atoms with Gasteiger partial charge in [0.25, 0.3) is 11.5 Å². The Balaban J connectivity index is 1.20. The van der Waals surface area contributed by atoms with Crippen LogP contribution in [0.5, 0.6) is 0 Å². The van der Waals surface area contributed by atoms with Crippen LogP contribution in [0.25, 0.3) is 10.9 Å². The number of nitrogens with one attached hydrogen (secondary N) is 1. The van der Waals surface area contributed by atoms with Crippen molar-refractivity contribution in [1.29, 1.82) is 0 Å². The smallest absolute Gasteiger partial charge is 0.338 e. The van der Waals surface area contributed by atoms with Crippen LogP contribution in [0, 0.1) is 0 Å². The van der Waals surface area contributed by atoms with Gasteiger partial charge in [-0.3, -0.25) is 14.2 Å². The van der Waals surface area contributed by atoms with Gasteiger partial charge in [-0.2, -0.15) is 0 Å². The molecular weight excluding hydrogens is 444 g/mol. The molecule has 0 radical (unpaired) electrons. The van der Waals surface area contributed by atoms with Gasteiger partial charge in [0, 0.05) is 37.4 Å². The number of ether oxygens (including phenoxy) is 1. The lowest BCUT2D eigenvalue weighted by Crippen LogP contribution is -2.29. The lowest BCUT2D eigenvalue weighted by atomic mass is 10.1. The largest absolute Gasteiger partial charge is 0.452 e. The highest BCUT2D eigenvalue weighted by atomic mass is 16.5. The Labute approximate surface area is 203 Å². The number of esters is 1. The lowest BCUT2D eigenvalue weighted by Gasteiger charge is -2.28. The van der Waals surface area contributed by atoms with E-state index in [1.165, 1.54) is 19.3 Å². The summed E-state index contributed by atoms with van der Waals surface area (Å²) in [6, 6.07) is 12.5.